The molecule has 0 unspecified atom stereocenters. The molecule has 3 rings (SSSR count). The summed E-state index contributed by atoms with van der Waals surface area (Å²) in [7, 11) is 0. The molecule has 0 spiro atoms. The highest BCUT2D eigenvalue weighted by Gasteiger charge is 2.19. The summed E-state index contributed by atoms with van der Waals surface area (Å²) in [6.07, 6.45) is 4.64. The number of rotatable bonds is 7. The number of benzene rings is 1. The van der Waals surface area contributed by atoms with E-state index in [1.54, 1.807) is 0 Å². The Hall–Kier alpha value is -2.63. The molecule has 6 heteroatoms. The first-order valence-electron chi connectivity index (χ1n) is 10.2. The van der Waals surface area contributed by atoms with Crippen molar-refractivity contribution >= 4 is 11.8 Å². The summed E-state index contributed by atoms with van der Waals surface area (Å²) in [6, 6.07) is 10.1. The maximum absolute atomic E-state index is 12.7. The summed E-state index contributed by atoms with van der Waals surface area (Å²) in [5, 5.41) is 7.55. The van der Waals surface area contributed by atoms with Gasteiger partial charge in [-0.05, 0) is 38.7 Å². The third-order valence-corrected chi connectivity index (χ3v) is 5.35. The van der Waals surface area contributed by atoms with Crippen LogP contribution in [0, 0.1) is 13.8 Å². The molecule has 0 saturated carbocycles. The van der Waals surface area contributed by atoms with Gasteiger partial charge >= 0.3 is 0 Å². The van der Waals surface area contributed by atoms with Crippen molar-refractivity contribution in [2.75, 3.05) is 19.6 Å². The minimum absolute atomic E-state index is 0.0866. The second kappa shape index (κ2) is 9.53. The normalized spacial score (nSPS) is 14.8. The van der Waals surface area contributed by atoms with Crippen LogP contribution < -0.4 is 5.32 Å². The van der Waals surface area contributed by atoms with Crippen LogP contribution >= 0.6 is 0 Å². The Bertz CT molecular complexity index is 813. The molecule has 2 heterocycles. The van der Waals surface area contributed by atoms with Crippen LogP contribution in [0.2, 0.25) is 0 Å². The van der Waals surface area contributed by atoms with Gasteiger partial charge in [0.2, 0.25) is 5.91 Å². The van der Waals surface area contributed by atoms with E-state index in [9.17, 15) is 9.59 Å². The third kappa shape index (κ3) is 5.00. The van der Waals surface area contributed by atoms with Crippen molar-refractivity contribution in [2.45, 2.75) is 52.5 Å². The highest BCUT2D eigenvalue weighted by atomic mass is 16.2. The molecule has 0 bridgehead atoms. The lowest BCUT2D eigenvalue weighted by molar-refractivity contribution is -0.130. The predicted octanol–water partition coefficient (Wildman–Crippen LogP) is 3.07. The van der Waals surface area contributed by atoms with Gasteiger partial charge in [0.15, 0.2) is 0 Å². The maximum Gasteiger partial charge on any atom is 0.255 e. The van der Waals surface area contributed by atoms with Crippen LogP contribution in [-0.2, 0) is 11.3 Å². The Morgan fingerprint density at radius 2 is 1.93 bits per heavy atom. The predicted molar refractivity (Wildman–Crippen MR) is 109 cm³/mol. The molecule has 0 atom stereocenters. The molecule has 28 heavy (non-hydrogen) atoms. The zero-order valence-electron chi connectivity index (χ0n) is 16.9. The summed E-state index contributed by atoms with van der Waals surface area (Å²) in [5.74, 6) is 0.161. The number of hydrogen-bond donors (Lipinski definition) is 1. The van der Waals surface area contributed by atoms with Crippen LogP contribution in [0.1, 0.15) is 59.4 Å². The second-order valence-electron chi connectivity index (χ2n) is 7.49. The summed E-state index contributed by atoms with van der Waals surface area (Å²) in [5.41, 5.74) is 3.43. The lowest BCUT2D eigenvalue weighted by Crippen LogP contribution is -2.34. The molecular formula is C22H30N4O2. The second-order valence-corrected chi connectivity index (χ2v) is 7.49. The smallest absolute Gasteiger partial charge is 0.255 e. The summed E-state index contributed by atoms with van der Waals surface area (Å²) >= 11 is 0. The first-order chi connectivity index (χ1) is 13.6. The highest BCUT2D eigenvalue weighted by Crippen LogP contribution is 2.15. The topological polar surface area (TPSA) is 67.2 Å². The molecule has 1 aliphatic heterocycles. The molecule has 2 aromatic rings. The van der Waals surface area contributed by atoms with Crippen LogP contribution in [0.4, 0.5) is 0 Å². The number of nitrogens with zero attached hydrogens (tertiary/aromatic N) is 3. The van der Waals surface area contributed by atoms with Gasteiger partial charge in [0.05, 0.1) is 17.8 Å². The van der Waals surface area contributed by atoms with Gasteiger partial charge < -0.3 is 10.2 Å². The molecule has 2 amide bonds. The molecule has 1 aliphatic rings. The van der Waals surface area contributed by atoms with E-state index in [1.165, 1.54) is 0 Å². The first kappa shape index (κ1) is 20.1. The monoisotopic (exact) mass is 382 g/mol. The number of likely N-dealkylation sites (tertiary alicyclic amines) is 1. The fourth-order valence-corrected chi connectivity index (χ4v) is 3.77. The molecule has 150 valence electrons. The van der Waals surface area contributed by atoms with Gasteiger partial charge in [-0.15, -0.1) is 0 Å². The van der Waals surface area contributed by atoms with Gasteiger partial charge in [-0.3, -0.25) is 14.3 Å². The fourth-order valence-electron chi connectivity index (χ4n) is 3.77. The van der Waals surface area contributed by atoms with Gasteiger partial charge in [0.1, 0.15) is 0 Å². The van der Waals surface area contributed by atoms with E-state index in [2.05, 4.69) is 22.5 Å². The van der Waals surface area contributed by atoms with Crippen molar-refractivity contribution in [1.29, 1.82) is 0 Å². The van der Waals surface area contributed by atoms with Gasteiger partial charge in [0, 0.05) is 31.7 Å². The zero-order valence-corrected chi connectivity index (χ0v) is 16.9. The zero-order chi connectivity index (χ0) is 19.9. The molecule has 1 aromatic heterocycles. The van der Waals surface area contributed by atoms with Gasteiger partial charge in [-0.2, -0.15) is 5.10 Å². The van der Waals surface area contributed by atoms with Crippen molar-refractivity contribution in [3.63, 3.8) is 0 Å². The fraction of sp³-hybridized carbons (Fsp3) is 0.500. The van der Waals surface area contributed by atoms with E-state index in [0.717, 1.165) is 49.2 Å². The molecule has 0 aliphatic carbocycles. The number of nitrogens with one attached hydrogen (secondary N) is 1. The summed E-state index contributed by atoms with van der Waals surface area (Å²) in [6.45, 7) is 6.58. The lowest BCUT2D eigenvalue weighted by atomic mass is 10.1. The lowest BCUT2D eigenvalue weighted by Gasteiger charge is -2.20. The molecule has 1 fully saturated rings. The molecule has 1 aromatic carbocycles. The first-order valence-corrected chi connectivity index (χ1v) is 10.2. The minimum Gasteiger partial charge on any atom is -0.352 e. The van der Waals surface area contributed by atoms with Gasteiger partial charge in [-0.25, -0.2) is 0 Å². The minimum atomic E-state index is -0.0866. The standard InChI is InChI=1S/C22H30N4O2/c1-17-21(18(2)26(24-17)16-19-10-5-3-6-11-19)22(28)23-13-9-15-25-14-8-4-7-12-20(25)27/h3,5-6,10-11H,4,7-9,12-16H2,1-2H3,(H,23,28). The maximum atomic E-state index is 12.7. The number of amides is 2. The van der Waals surface area contributed by atoms with Crippen molar-refractivity contribution in [3.05, 3.63) is 52.8 Å². The van der Waals surface area contributed by atoms with Gasteiger partial charge in [-0.1, -0.05) is 36.8 Å². The Labute approximate surface area is 166 Å². The van der Waals surface area contributed by atoms with E-state index in [-0.39, 0.29) is 11.8 Å². The SMILES string of the molecule is Cc1nn(Cc2ccccc2)c(C)c1C(=O)NCCCN1CCCCCC1=O. The molecule has 6 nitrogen and oxygen atoms in total. The van der Waals surface area contributed by atoms with Crippen LogP contribution in [0.5, 0.6) is 0 Å². The van der Waals surface area contributed by atoms with Crippen molar-refractivity contribution < 1.29 is 9.59 Å². The van der Waals surface area contributed by atoms with Gasteiger partial charge in [0.25, 0.3) is 5.91 Å². The Morgan fingerprint density at radius 3 is 2.71 bits per heavy atom. The van der Waals surface area contributed by atoms with Crippen LogP contribution in [0.15, 0.2) is 30.3 Å². The Kier molecular flexibility index (Phi) is 6.85. The molecular weight excluding hydrogens is 352 g/mol. The Morgan fingerprint density at radius 1 is 1.14 bits per heavy atom. The number of hydrogen-bond acceptors (Lipinski definition) is 3. The van der Waals surface area contributed by atoms with Crippen LogP contribution in [0.3, 0.4) is 0 Å². The summed E-state index contributed by atoms with van der Waals surface area (Å²) in [4.78, 5) is 26.6. The van der Waals surface area contributed by atoms with Crippen LogP contribution in [-0.4, -0.2) is 46.1 Å². The number of carbonyl (C=O) groups is 2. The number of aryl methyl sites for hydroxylation is 1. The third-order valence-electron chi connectivity index (χ3n) is 5.35. The van der Waals surface area contributed by atoms with E-state index in [4.69, 9.17) is 0 Å². The highest BCUT2D eigenvalue weighted by molar-refractivity contribution is 5.96. The largest absolute Gasteiger partial charge is 0.352 e. The quantitative estimate of drug-likeness (QED) is 0.749. The Balaban J connectivity index is 1.53. The molecule has 1 N–H and O–H groups in total. The average molecular weight is 383 g/mol. The number of carbonyl (C=O) groups excluding carboxylic acids is 2. The van der Waals surface area contributed by atoms with Crippen molar-refractivity contribution in [1.82, 2.24) is 20.0 Å². The average Bonchev–Trinajstić information content (AvgIpc) is 2.83. The van der Waals surface area contributed by atoms with Crippen molar-refractivity contribution in [3.8, 4) is 0 Å². The van der Waals surface area contributed by atoms with Crippen molar-refractivity contribution in [2.24, 2.45) is 0 Å². The van der Waals surface area contributed by atoms with Crippen LogP contribution in [0.25, 0.3) is 0 Å². The van der Waals surface area contributed by atoms with E-state index < -0.39 is 0 Å². The molecule has 1 saturated heterocycles. The molecule has 0 radical (unpaired) electrons. The summed E-state index contributed by atoms with van der Waals surface area (Å²) < 4.78 is 1.88. The van der Waals surface area contributed by atoms with E-state index in [0.29, 0.717) is 31.6 Å². The number of aromatic nitrogens is 2. The van der Waals surface area contributed by atoms with E-state index in [1.807, 2.05) is 41.6 Å². The van der Waals surface area contributed by atoms with E-state index >= 15 is 0 Å².